The summed E-state index contributed by atoms with van der Waals surface area (Å²) in [7, 11) is 0. The minimum absolute atomic E-state index is 0.103. The van der Waals surface area contributed by atoms with Gasteiger partial charge in [-0.2, -0.15) is 0 Å². The predicted octanol–water partition coefficient (Wildman–Crippen LogP) is 4.91. The summed E-state index contributed by atoms with van der Waals surface area (Å²) in [6.07, 6.45) is 0. The van der Waals surface area contributed by atoms with Crippen LogP contribution in [0.2, 0.25) is 5.02 Å². The van der Waals surface area contributed by atoms with Gasteiger partial charge in [0.05, 0.1) is 0 Å². The molecule has 0 saturated heterocycles. The van der Waals surface area contributed by atoms with Crippen LogP contribution in [0.3, 0.4) is 0 Å². The van der Waals surface area contributed by atoms with E-state index in [0.717, 1.165) is 26.3 Å². The predicted molar refractivity (Wildman–Crippen MR) is 93.5 cm³/mol. The fourth-order valence-electron chi connectivity index (χ4n) is 1.96. The van der Waals surface area contributed by atoms with Gasteiger partial charge in [-0.15, -0.1) is 0 Å². The molecular formula is C15H14BrClN2S. The number of benzene rings is 2. The lowest BCUT2D eigenvalue weighted by Gasteiger charge is -2.17. The largest absolute Gasteiger partial charge is 0.389 e. The van der Waals surface area contributed by atoms with Crippen molar-refractivity contribution in [1.82, 2.24) is 0 Å². The first-order chi connectivity index (χ1) is 9.49. The molecule has 0 heterocycles. The smallest absolute Gasteiger partial charge is 0.105 e. The maximum Gasteiger partial charge on any atom is 0.105 e. The van der Waals surface area contributed by atoms with Crippen LogP contribution >= 0.6 is 39.7 Å². The van der Waals surface area contributed by atoms with E-state index >= 15 is 0 Å². The van der Waals surface area contributed by atoms with Gasteiger partial charge in [0.25, 0.3) is 0 Å². The van der Waals surface area contributed by atoms with Gasteiger partial charge in [0.1, 0.15) is 4.99 Å². The van der Waals surface area contributed by atoms with E-state index in [2.05, 4.69) is 28.2 Å². The summed E-state index contributed by atoms with van der Waals surface area (Å²) in [6, 6.07) is 13.7. The molecule has 2 nitrogen and oxygen atoms in total. The van der Waals surface area contributed by atoms with E-state index in [9.17, 15) is 0 Å². The summed E-state index contributed by atoms with van der Waals surface area (Å²) in [5, 5.41) is 4.16. The Morgan fingerprint density at radius 3 is 2.60 bits per heavy atom. The van der Waals surface area contributed by atoms with Gasteiger partial charge in [0, 0.05) is 26.8 Å². The summed E-state index contributed by atoms with van der Waals surface area (Å²) in [5.41, 5.74) is 8.51. The second kappa shape index (κ2) is 6.57. The van der Waals surface area contributed by atoms with E-state index in [1.165, 1.54) is 0 Å². The first-order valence-corrected chi connectivity index (χ1v) is 7.67. The molecule has 2 aromatic rings. The molecule has 1 unspecified atom stereocenters. The van der Waals surface area contributed by atoms with Gasteiger partial charge in [0.15, 0.2) is 0 Å². The van der Waals surface area contributed by atoms with E-state index in [-0.39, 0.29) is 6.04 Å². The Morgan fingerprint density at radius 2 is 2.00 bits per heavy atom. The molecule has 0 aliphatic heterocycles. The number of anilines is 1. The first-order valence-electron chi connectivity index (χ1n) is 6.09. The van der Waals surface area contributed by atoms with Crippen LogP contribution in [-0.4, -0.2) is 4.99 Å². The summed E-state index contributed by atoms with van der Waals surface area (Å²) >= 11 is 14.7. The number of nitrogens with one attached hydrogen (secondary N) is 1. The van der Waals surface area contributed by atoms with Gasteiger partial charge in [-0.3, -0.25) is 0 Å². The van der Waals surface area contributed by atoms with Gasteiger partial charge in [-0.05, 0) is 52.7 Å². The normalized spacial score (nSPS) is 11.9. The zero-order valence-corrected chi connectivity index (χ0v) is 14.0. The number of rotatable bonds is 4. The van der Waals surface area contributed by atoms with Gasteiger partial charge in [0.2, 0.25) is 0 Å². The van der Waals surface area contributed by atoms with Crippen LogP contribution in [0.1, 0.15) is 24.1 Å². The third-order valence-electron chi connectivity index (χ3n) is 2.99. The molecule has 0 aliphatic rings. The van der Waals surface area contributed by atoms with Crippen LogP contribution < -0.4 is 11.1 Å². The highest BCUT2D eigenvalue weighted by Crippen LogP contribution is 2.28. The molecule has 5 heteroatoms. The molecule has 0 fully saturated rings. The topological polar surface area (TPSA) is 38.0 Å². The van der Waals surface area contributed by atoms with Gasteiger partial charge >= 0.3 is 0 Å². The molecule has 104 valence electrons. The van der Waals surface area contributed by atoms with Crippen molar-refractivity contribution in [3.8, 4) is 0 Å². The van der Waals surface area contributed by atoms with Crippen LogP contribution in [0, 0.1) is 0 Å². The highest BCUT2D eigenvalue weighted by molar-refractivity contribution is 9.10. The quantitative estimate of drug-likeness (QED) is 0.752. The molecule has 0 saturated carbocycles. The van der Waals surface area contributed by atoms with Crippen LogP contribution in [-0.2, 0) is 0 Å². The lowest BCUT2D eigenvalue weighted by atomic mass is 10.1. The van der Waals surface area contributed by atoms with E-state index < -0.39 is 0 Å². The second-order valence-corrected chi connectivity index (χ2v) is 6.15. The summed E-state index contributed by atoms with van der Waals surface area (Å²) in [4.78, 5) is 0.377. The minimum Gasteiger partial charge on any atom is -0.389 e. The molecule has 2 rings (SSSR count). The van der Waals surface area contributed by atoms with Crippen molar-refractivity contribution >= 4 is 50.4 Å². The van der Waals surface area contributed by atoms with E-state index in [1.54, 1.807) is 0 Å². The minimum atomic E-state index is 0.103. The lowest BCUT2D eigenvalue weighted by Crippen LogP contribution is -2.11. The molecule has 1 atom stereocenters. The molecule has 0 aromatic heterocycles. The maximum absolute atomic E-state index is 6.20. The Morgan fingerprint density at radius 1 is 1.30 bits per heavy atom. The average molecular weight is 370 g/mol. The number of thiocarbonyl (C=S) groups is 1. The standard InChI is InChI=1S/C15H14BrClN2S/c1-9(11-4-2-3-5-14(11)17)19-10-6-7-12(15(18)20)13(16)8-10/h2-9,19H,1H3,(H2,18,20). The molecule has 20 heavy (non-hydrogen) atoms. The second-order valence-electron chi connectivity index (χ2n) is 4.45. The van der Waals surface area contributed by atoms with Crippen LogP contribution in [0.5, 0.6) is 0 Å². The highest BCUT2D eigenvalue weighted by Gasteiger charge is 2.10. The monoisotopic (exact) mass is 368 g/mol. The molecule has 2 aromatic carbocycles. The fourth-order valence-corrected chi connectivity index (χ4v) is 3.16. The highest BCUT2D eigenvalue weighted by atomic mass is 79.9. The van der Waals surface area contributed by atoms with Gasteiger partial charge in [-0.1, -0.05) is 42.0 Å². The van der Waals surface area contributed by atoms with Gasteiger partial charge in [-0.25, -0.2) is 0 Å². The maximum atomic E-state index is 6.20. The third kappa shape index (κ3) is 3.51. The van der Waals surface area contributed by atoms with E-state index in [1.807, 2.05) is 42.5 Å². The number of hydrogen-bond acceptors (Lipinski definition) is 2. The van der Waals surface area contributed by atoms with Crippen molar-refractivity contribution in [2.24, 2.45) is 5.73 Å². The Bertz CT molecular complexity index is 646. The number of halogens is 2. The van der Waals surface area contributed by atoms with Gasteiger partial charge < -0.3 is 11.1 Å². The lowest BCUT2D eigenvalue weighted by molar-refractivity contribution is 0.885. The number of hydrogen-bond donors (Lipinski definition) is 2. The molecule has 0 aliphatic carbocycles. The molecule has 3 N–H and O–H groups in total. The molecule has 0 amide bonds. The van der Waals surface area contributed by atoms with E-state index in [4.69, 9.17) is 29.6 Å². The third-order valence-corrected chi connectivity index (χ3v) is 4.21. The SMILES string of the molecule is CC(Nc1ccc(C(N)=S)c(Br)c1)c1ccccc1Cl. The van der Waals surface area contributed by atoms with Crippen molar-refractivity contribution in [1.29, 1.82) is 0 Å². The average Bonchev–Trinajstić information content (AvgIpc) is 2.38. The van der Waals surface area contributed by atoms with Crippen molar-refractivity contribution < 1.29 is 0 Å². The molecule has 0 spiro atoms. The van der Waals surface area contributed by atoms with Crippen molar-refractivity contribution in [3.05, 3.63) is 63.1 Å². The van der Waals surface area contributed by atoms with Crippen molar-refractivity contribution in [2.75, 3.05) is 5.32 Å². The van der Waals surface area contributed by atoms with Crippen molar-refractivity contribution in [2.45, 2.75) is 13.0 Å². The van der Waals surface area contributed by atoms with Crippen LogP contribution in [0.15, 0.2) is 46.9 Å². The summed E-state index contributed by atoms with van der Waals surface area (Å²) < 4.78 is 0.876. The first kappa shape index (κ1) is 15.3. The van der Waals surface area contributed by atoms with Crippen molar-refractivity contribution in [3.63, 3.8) is 0 Å². The number of nitrogens with two attached hydrogens (primary N) is 1. The van der Waals surface area contributed by atoms with E-state index in [0.29, 0.717) is 4.99 Å². The molecular weight excluding hydrogens is 356 g/mol. The van der Waals surface area contributed by atoms with Crippen LogP contribution in [0.25, 0.3) is 0 Å². The Hall–Kier alpha value is -1.10. The van der Waals surface area contributed by atoms with Crippen LogP contribution in [0.4, 0.5) is 5.69 Å². The summed E-state index contributed by atoms with van der Waals surface area (Å²) in [5.74, 6) is 0. The Kier molecular flexibility index (Phi) is 5.02. The zero-order valence-electron chi connectivity index (χ0n) is 10.9. The molecule has 0 radical (unpaired) electrons. The Labute approximate surface area is 137 Å². The zero-order chi connectivity index (χ0) is 14.7. The fraction of sp³-hybridized carbons (Fsp3) is 0.133. The molecule has 0 bridgehead atoms. The summed E-state index contributed by atoms with van der Waals surface area (Å²) in [6.45, 7) is 2.07. The Balaban J connectivity index is 2.20.